The van der Waals surface area contributed by atoms with E-state index in [1.807, 2.05) is 24.9 Å². The van der Waals surface area contributed by atoms with Gasteiger partial charge in [0.15, 0.2) is 0 Å². The van der Waals surface area contributed by atoms with Crippen LogP contribution in [0.15, 0.2) is 10.7 Å². The van der Waals surface area contributed by atoms with Crippen LogP contribution in [-0.2, 0) is 4.79 Å². The van der Waals surface area contributed by atoms with Gasteiger partial charge >= 0.3 is 0 Å². The molecule has 0 radical (unpaired) electrons. The molecule has 1 atom stereocenters. The first-order valence-corrected chi connectivity index (χ1v) is 8.04. The number of amides is 1. The molecule has 20 heavy (non-hydrogen) atoms. The predicted molar refractivity (Wildman–Crippen MR) is 82.7 cm³/mol. The summed E-state index contributed by atoms with van der Waals surface area (Å²) >= 11 is 3.44. The first-order chi connectivity index (χ1) is 9.52. The highest BCUT2D eigenvalue weighted by atomic mass is 79.9. The van der Waals surface area contributed by atoms with Crippen molar-refractivity contribution < 1.29 is 4.79 Å². The van der Waals surface area contributed by atoms with Gasteiger partial charge in [0.25, 0.3) is 0 Å². The van der Waals surface area contributed by atoms with Gasteiger partial charge in [-0.05, 0) is 42.7 Å². The molecule has 0 aliphatic carbocycles. The van der Waals surface area contributed by atoms with Crippen molar-refractivity contribution in [2.24, 2.45) is 0 Å². The summed E-state index contributed by atoms with van der Waals surface area (Å²) in [5.41, 5.74) is 0.914. The van der Waals surface area contributed by atoms with Crippen LogP contribution in [0.1, 0.15) is 32.0 Å². The van der Waals surface area contributed by atoms with Gasteiger partial charge in [-0.25, -0.2) is 0 Å². The molecule has 0 spiro atoms. The zero-order valence-corrected chi connectivity index (χ0v) is 14.1. The van der Waals surface area contributed by atoms with Gasteiger partial charge in [-0.1, -0.05) is 6.92 Å². The second-order valence-corrected chi connectivity index (χ2v) is 6.24. The van der Waals surface area contributed by atoms with Gasteiger partial charge in [0, 0.05) is 32.4 Å². The molecule has 1 unspecified atom stereocenters. The molecule has 2 rings (SSSR count). The third-order valence-corrected chi connectivity index (χ3v) is 4.61. The molecular formula is C14H23BrN4O. The van der Waals surface area contributed by atoms with Crippen molar-refractivity contribution in [3.63, 3.8) is 0 Å². The SMILES string of the molecule is CCCN1CCN(C(=O)C(C)n2cc(Br)c(C)n2)CC1. The Kier molecular flexibility index (Phi) is 5.21. The van der Waals surface area contributed by atoms with Gasteiger partial charge in [0.1, 0.15) is 6.04 Å². The van der Waals surface area contributed by atoms with Gasteiger partial charge < -0.3 is 4.90 Å². The largest absolute Gasteiger partial charge is 0.338 e. The molecule has 1 fully saturated rings. The van der Waals surface area contributed by atoms with Crippen LogP contribution >= 0.6 is 15.9 Å². The van der Waals surface area contributed by atoms with Crippen LogP contribution in [0, 0.1) is 6.92 Å². The highest BCUT2D eigenvalue weighted by Gasteiger charge is 2.26. The Morgan fingerprint density at radius 1 is 1.40 bits per heavy atom. The third-order valence-electron chi connectivity index (χ3n) is 3.83. The summed E-state index contributed by atoms with van der Waals surface area (Å²) < 4.78 is 2.70. The monoisotopic (exact) mass is 342 g/mol. The number of aromatic nitrogens is 2. The quantitative estimate of drug-likeness (QED) is 0.841. The lowest BCUT2D eigenvalue weighted by Gasteiger charge is -2.35. The van der Waals surface area contributed by atoms with Crippen LogP contribution < -0.4 is 0 Å². The highest BCUT2D eigenvalue weighted by molar-refractivity contribution is 9.10. The van der Waals surface area contributed by atoms with Gasteiger partial charge in [-0.2, -0.15) is 5.10 Å². The Labute approximate surface area is 129 Å². The van der Waals surface area contributed by atoms with E-state index >= 15 is 0 Å². The molecule has 0 bridgehead atoms. The van der Waals surface area contributed by atoms with Crippen LogP contribution in [0.4, 0.5) is 0 Å². The lowest BCUT2D eigenvalue weighted by atomic mass is 10.2. The van der Waals surface area contributed by atoms with Crippen molar-refractivity contribution >= 4 is 21.8 Å². The molecule has 1 amide bonds. The molecule has 0 aromatic carbocycles. The Morgan fingerprint density at radius 2 is 2.05 bits per heavy atom. The summed E-state index contributed by atoms with van der Waals surface area (Å²) in [5.74, 6) is 0.163. The lowest BCUT2D eigenvalue weighted by Crippen LogP contribution is -2.50. The van der Waals surface area contributed by atoms with E-state index in [1.54, 1.807) is 4.68 Å². The molecule has 1 aromatic rings. The fraction of sp³-hybridized carbons (Fsp3) is 0.714. The molecule has 6 heteroatoms. The number of rotatable bonds is 4. The molecule has 1 saturated heterocycles. The predicted octanol–water partition coefficient (Wildman–Crippen LogP) is 2.07. The third kappa shape index (κ3) is 3.41. The Balaban J connectivity index is 1.94. The maximum atomic E-state index is 12.5. The minimum Gasteiger partial charge on any atom is -0.338 e. The van der Waals surface area contributed by atoms with E-state index in [0.717, 1.165) is 42.9 Å². The summed E-state index contributed by atoms with van der Waals surface area (Å²) in [6.45, 7) is 10.8. The van der Waals surface area contributed by atoms with Crippen molar-refractivity contribution in [2.45, 2.75) is 33.2 Å². The normalized spacial score (nSPS) is 18.3. The highest BCUT2D eigenvalue weighted by Crippen LogP contribution is 2.18. The molecule has 0 N–H and O–H groups in total. The molecule has 2 heterocycles. The fourth-order valence-electron chi connectivity index (χ4n) is 2.54. The van der Waals surface area contributed by atoms with E-state index in [4.69, 9.17) is 0 Å². The van der Waals surface area contributed by atoms with Crippen LogP contribution in [0.25, 0.3) is 0 Å². The second kappa shape index (κ2) is 6.72. The van der Waals surface area contributed by atoms with Crippen LogP contribution in [0.3, 0.4) is 0 Å². The number of aryl methyl sites for hydroxylation is 1. The summed E-state index contributed by atoms with van der Waals surface area (Å²) in [7, 11) is 0. The van der Waals surface area contributed by atoms with Gasteiger partial charge in [0.2, 0.25) is 5.91 Å². The maximum absolute atomic E-state index is 12.5. The summed E-state index contributed by atoms with van der Waals surface area (Å²) in [6.07, 6.45) is 3.05. The van der Waals surface area contributed by atoms with Crippen molar-refractivity contribution in [2.75, 3.05) is 32.7 Å². The van der Waals surface area contributed by atoms with Gasteiger partial charge in [0.05, 0.1) is 10.2 Å². The second-order valence-electron chi connectivity index (χ2n) is 5.39. The number of hydrogen-bond donors (Lipinski definition) is 0. The average Bonchev–Trinajstić information content (AvgIpc) is 2.78. The Hall–Kier alpha value is -0.880. The number of carbonyl (C=O) groups is 1. The van der Waals surface area contributed by atoms with Crippen LogP contribution in [-0.4, -0.2) is 58.2 Å². The fourth-order valence-corrected chi connectivity index (χ4v) is 2.83. The molecule has 1 aliphatic heterocycles. The van der Waals surface area contributed by atoms with Crippen molar-refractivity contribution in [3.8, 4) is 0 Å². The number of halogens is 1. The zero-order chi connectivity index (χ0) is 14.7. The molecule has 0 saturated carbocycles. The average molecular weight is 343 g/mol. The number of carbonyl (C=O) groups excluding carboxylic acids is 1. The Morgan fingerprint density at radius 3 is 2.55 bits per heavy atom. The number of piperazine rings is 1. The van der Waals surface area contributed by atoms with Gasteiger partial charge in [-0.3, -0.25) is 14.4 Å². The lowest BCUT2D eigenvalue weighted by molar-refractivity contribution is -0.136. The summed E-state index contributed by atoms with van der Waals surface area (Å²) in [6, 6.07) is -0.238. The van der Waals surface area contributed by atoms with E-state index in [0.29, 0.717) is 0 Å². The van der Waals surface area contributed by atoms with Crippen LogP contribution in [0.5, 0.6) is 0 Å². The first-order valence-electron chi connectivity index (χ1n) is 7.25. The number of nitrogens with zero attached hydrogens (tertiary/aromatic N) is 4. The standard InChI is InChI=1S/C14H23BrN4O/c1-4-5-17-6-8-18(9-7-17)14(20)12(3)19-10-13(15)11(2)16-19/h10,12H,4-9H2,1-3H3. The van der Waals surface area contributed by atoms with Crippen molar-refractivity contribution in [1.29, 1.82) is 0 Å². The van der Waals surface area contributed by atoms with Crippen molar-refractivity contribution in [1.82, 2.24) is 19.6 Å². The van der Waals surface area contributed by atoms with Gasteiger partial charge in [-0.15, -0.1) is 0 Å². The summed E-state index contributed by atoms with van der Waals surface area (Å²) in [4.78, 5) is 16.9. The zero-order valence-electron chi connectivity index (χ0n) is 12.5. The maximum Gasteiger partial charge on any atom is 0.247 e. The van der Waals surface area contributed by atoms with E-state index < -0.39 is 0 Å². The number of hydrogen-bond acceptors (Lipinski definition) is 3. The minimum atomic E-state index is -0.238. The smallest absolute Gasteiger partial charge is 0.247 e. The summed E-state index contributed by atoms with van der Waals surface area (Å²) in [5, 5.41) is 4.38. The molecule has 1 aliphatic rings. The van der Waals surface area contributed by atoms with Crippen LogP contribution in [0.2, 0.25) is 0 Å². The topological polar surface area (TPSA) is 41.4 Å². The van der Waals surface area contributed by atoms with Crippen molar-refractivity contribution in [3.05, 3.63) is 16.4 Å². The first kappa shape index (κ1) is 15.5. The van der Waals surface area contributed by atoms with E-state index in [9.17, 15) is 4.79 Å². The molecule has 112 valence electrons. The minimum absolute atomic E-state index is 0.163. The van der Waals surface area contributed by atoms with E-state index in [2.05, 4.69) is 32.9 Å². The molecular weight excluding hydrogens is 320 g/mol. The Bertz CT molecular complexity index is 446. The molecule has 1 aromatic heterocycles. The van der Waals surface area contributed by atoms with E-state index in [-0.39, 0.29) is 11.9 Å². The molecule has 5 nitrogen and oxygen atoms in total. The van der Waals surface area contributed by atoms with E-state index in [1.165, 1.54) is 6.42 Å².